The summed E-state index contributed by atoms with van der Waals surface area (Å²) in [5.74, 6) is 6.43. The Morgan fingerprint density at radius 2 is 2.23 bits per heavy atom. The average molecular weight is 297 g/mol. The molecule has 2 amide bonds. The number of rotatable bonds is 3. The normalized spacial score (nSPS) is 11.7. The summed E-state index contributed by atoms with van der Waals surface area (Å²) in [5.41, 5.74) is 5.75. The molecule has 6 heteroatoms. The van der Waals surface area contributed by atoms with E-state index in [0.717, 1.165) is 5.69 Å². The second kappa shape index (κ2) is 7.11. The lowest BCUT2D eigenvalue weighted by molar-refractivity contribution is -0.0536. The molecule has 0 bridgehead atoms. The molecular formula is C16H15N3O3. The molecular weight excluding hydrogens is 282 g/mol. The van der Waals surface area contributed by atoms with Crippen molar-refractivity contribution in [3.63, 3.8) is 0 Å². The van der Waals surface area contributed by atoms with Crippen molar-refractivity contribution < 1.29 is 14.4 Å². The van der Waals surface area contributed by atoms with Gasteiger partial charge in [-0.25, -0.2) is 4.79 Å². The number of urea groups is 1. The lowest BCUT2D eigenvalue weighted by Crippen LogP contribution is -2.38. The van der Waals surface area contributed by atoms with E-state index in [9.17, 15) is 10.0 Å². The second-order valence-corrected chi connectivity index (χ2v) is 4.42. The molecule has 0 spiro atoms. The molecule has 2 heterocycles. The summed E-state index contributed by atoms with van der Waals surface area (Å²) in [4.78, 5) is 14.9. The van der Waals surface area contributed by atoms with E-state index in [4.69, 9.17) is 10.2 Å². The van der Waals surface area contributed by atoms with Gasteiger partial charge in [0, 0.05) is 6.20 Å². The van der Waals surface area contributed by atoms with Crippen molar-refractivity contribution >= 4 is 18.2 Å². The highest BCUT2D eigenvalue weighted by Gasteiger charge is 2.11. The number of nitrogens with zero attached hydrogens (tertiary/aromatic N) is 2. The van der Waals surface area contributed by atoms with Crippen LogP contribution in [0.2, 0.25) is 0 Å². The van der Waals surface area contributed by atoms with Crippen molar-refractivity contribution in [2.45, 2.75) is 13.0 Å². The summed E-state index contributed by atoms with van der Waals surface area (Å²) in [6.45, 7) is 1.54. The van der Waals surface area contributed by atoms with Crippen molar-refractivity contribution in [2.75, 3.05) is 0 Å². The van der Waals surface area contributed by atoms with Crippen LogP contribution in [0.5, 0.6) is 0 Å². The molecule has 0 aliphatic heterocycles. The second-order valence-electron chi connectivity index (χ2n) is 4.42. The minimum Gasteiger partial charge on any atom is -0.448 e. The number of carbonyl (C=O) groups excluding carboxylic acids is 1. The topological polar surface area (TPSA) is 92.6 Å². The highest BCUT2D eigenvalue weighted by Crippen LogP contribution is 2.10. The van der Waals surface area contributed by atoms with Crippen LogP contribution in [0.15, 0.2) is 40.9 Å². The van der Waals surface area contributed by atoms with Crippen molar-refractivity contribution in [1.29, 1.82) is 0 Å². The van der Waals surface area contributed by atoms with E-state index in [1.54, 1.807) is 31.3 Å². The average Bonchev–Trinajstić information content (AvgIpc) is 2.98. The van der Waals surface area contributed by atoms with Gasteiger partial charge in [0.1, 0.15) is 11.8 Å². The number of carbonyl (C=O) groups is 1. The summed E-state index contributed by atoms with van der Waals surface area (Å²) in [7, 11) is 0. The van der Waals surface area contributed by atoms with E-state index in [2.05, 4.69) is 16.8 Å². The molecule has 2 aromatic heterocycles. The molecule has 112 valence electrons. The number of pyridine rings is 1. The minimum absolute atomic E-state index is 0.359. The van der Waals surface area contributed by atoms with Crippen LogP contribution in [0.25, 0.3) is 12.2 Å². The zero-order valence-electron chi connectivity index (χ0n) is 11.9. The van der Waals surface area contributed by atoms with Gasteiger partial charge in [-0.3, -0.25) is 10.2 Å². The number of amides is 2. The van der Waals surface area contributed by atoms with Gasteiger partial charge in [0.15, 0.2) is 5.76 Å². The third-order valence-electron chi connectivity index (χ3n) is 2.73. The molecule has 22 heavy (non-hydrogen) atoms. The maximum atomic E-state index is 10.8. The van der Waals surface area contributed by atoms with Crippen LogP contribution >= 0.6 is 0 Å². The van der Waals surface area contributed by atoms with Gasteiger partial charge in [-0.15, -0.1) is 0 Å². The van der Waals surface area contributed by atoms with Crippen molar-refractivity contribution in [3.8, 4) is 11.8 Å². The van der Waals surface area contributed by atoms with Gasteiger partial charge in [0.2, 0.25) is 0 Å². The van der Waals surface area contributed by atoms with Gasteiger partial charge in [-0.05, 0) is 49.3 Å². The molecule has 1 atom stereocenters. The molecule has 0 aliphatic carbocycles. The smallest absolute Gasteiger partial charge is 0.339 e. The Balaban J connectivity index is 2.03. The first kappa shape index (κ1) is 15.4. The fraction of sp³-hybridized carbons (Fsp3) is 0.125. The van der Waals surface area contributed by atoms with E-state index in [1.807, 2.05) is 24.3 Å². The number of hydrogen-bond donors (Lipinski definition) is 2. The Bertz CT molecular complexity index is 726. The molecule has 3 N–H and O–H groups in total. The molecule has 0 fully saturated rings. The molecule has 2 aromatic rings. The standard InChI is InChI=1S/C16H15N3O3/c1-12(19(21)16(17)20)5-7-14-9-10-15(22-14)8-6-13-4-2-3-11-18-13/h2-4,6,8-12,21H,1H3,(H2,17,20). The molecule has 0 saturated carbocycles. The van der Waals surface area contributed by atoms with Gasteiger partial charge in [0.05, 0.1) is 5.69 Å². The summed E-state index contributed by atoms with van der Waals surface area (Å²) in [5, 5.41) is 9.65. The van der Waals surface area contributed by atoms with E-state index < -0.39 is 12.1 Å². The summed E-state index contributed by atoms with van der Waals surface area (Å²) >= 11 is 0. The third kappa shape index (κ3) is 4.23. The molecule has 0 aromatic carbocycles. The molecule has 0 aliphatic rings. The van der Waals surface area contributed by atoms with E-state index in [1.165, 1.54) is 0 Å². The fourth-order valence-electron chi connectivity index (χ4n) is 1.58. The molecule has 0 radical (unpaired) electrons. The number of primary amides is 1. The maximum absolute atomic E-state index is 10.8. The van der Waals surface area contributed by atoms with Crippen molar-refractivity contribution in [1.82, 2.24) is 10.0 Å². The highest BCUT2D eigenvalue weighted by atomic mass is 16.5. The number of hydroxylamine groups is 2. The van der Waals surface area contributed by atoms with Crippen LogP contribution < -0.4 is 5.73 Å². The Morgan fingerprint density at radius 1 is 1.41 bits per heavy atom. The van der Waals surface area contributed by atoms with Gasteiger partial charge in [-0.1, -0.05) is 12.0 Å². The lowest BCUT2D eigenvalue weighted by atomic mass is 10.3. The number of furan rings is 1. The van der Waals surface area contributed by atoms with Crippen LogP contribution in [-0.4, -0.2) is 27.3 Å². The van der Waals surface area contributed by atoms with Gasteiger partial charge in [-0.2, -0.15) is 5.06 Å². The Labute approximate surface area is 127 Å². The zero-order valence-corrected chi connectivity index (χ0v) is 11.9. The van der Waals surface area contributed by atoms with Crippen molar-refractivity contribution in [2.24, 2.45) is 5.73 Å². The number of aromatic nitrogens is 1. The van der Waals surface area contributed by atoms with E-state index in [0.29, 0.717) is 16.6 Å². The molecule has 1 unspecified atom stereocenters. The predicted molar refractivity (Wildman–Crippen MR) is 81.4 cm³/mol. The van der Waals surface area contributed by atoms with Gasteiger partial charge in [0.25, 0.3) is 0 Å². The number of hydrogen-bond acceptors (Lipinski definition) is 4. The van der Waals surface area contributed by atoms with Crippen LogP contribution in [-0.2, 0) is 0 Å². The first-order valence-electron chi connectivity index (χ1n) is 6.54. The fourth-order valence-corrected chi connectivity index (χ4v) is 1.58. The monoisotopic (exact) mass is 297 g/mol. The van der Waals surface area contributed by atoms with Crippen LogP contribution in [0.3, 0.4) is 0 Å². The van der Waals surface area contributed by atoms with Crippen LogP contribution in [0.4, 0.5) is 4.79 Å². The molecule has 6 nitrogen and oxygen atoms in total. The predicted octanol–water partition coefficient (Wildman–Crippen LogP) is 2.35. The quantitative estimate of drug-likeness (QED) is 0.516. The molecule has 2 rings (SSSR count). The Morgan fingerprint density at radius 3 is 2.91 bits per heavy atom. The summed E-state index contributed by atoms with van der Waals surface area (Å²) in [6, 6.07) is 7.39. The summed E-state index contributed by atoms with van der Waals surface area (Å²) < 4.78 is 5.49. The van der Waals surface area contributed by atoms with Gasteiger partial charge < -0.3 is 10.2 Å². The zero-order chi connectivity index (χ0) is 15.9. The minimum atomic E-state index is -0.958. The largest absolute Gasteiger partial charge is 0.448 e. The SMILES string of the molecule is CC(C#Cc1ccc(C=Cc2ccccn2)o1)N(O)C(N)=O. The third-order valence-corrected chi connectivity index (χ3v) is 2.73. The Hall–Kier alpha value is -3.04. The van der Waals surface area contributed by atoms with Crippen LogP contribution in [0, 0.1) is 11.8 Å². The van der Waals surface area contributed by atoms with Crippen LogP contribution in [0.1, 0.15) is 24.1 Å². The molecule has 0 saturated heterocycles. The number of nitrogens with two attached hydrogens (primary N) is 1. The lowest BCUT2D eigenvalue weighted by Gasteiger charge is -2.14. The van der Waals surface area contributed by atoms with E-state index >= 15 is 0 Å². The first-order chi connectivity index (χ1) is 10.6. The Kier molecular flexibility index (Phi) is 4.96. The van der Waals surface area contributed by atoms with Crippen molar-refractivity contribution in [3.05, 3.63) is 53.7 Å². The highest BCUT2D eigenvalue weighted by molar-refractivity contribution is 5.71. The van der Waals surface area contributed by atoms with Gasteiger partial charge >= 0.3 is 6.03 Å². The maximum Gasteiger partial charge on any atom is 0.339 e. The summed E-state index contributed by atoms with van der Waals surface area (Å²) in [6.07, 6.45) is 5.30. The first-order valence-corrected chi connectivity index (χ1v) is 6.54. The van der Waals surface area contributed by atoms with E-state index in [-0.39, 0.29) is 0 Å².